The van der Waals surface area contributed by atoms with Gasteiger partial charge in [0.25, 0.3) is 0 Å². The van der Waals surface area contributed by atoms with Crippen molar-refractivity contribution < 1.29 is 9.47 Å². The van der Waals surface area contributed by atoms with E-state index < -0.39 is 0 Å². The fourth-order valence-corrected chi connectivity index (χ4v) is 1.22. The van der Waals surface area contributed by atoms with E-state index in [-0.39, 0.29) is 0 Å². The molecule has 15 heavy (non-hydrogen) atoms. The van der Waals surface area contributed by atoms with Gasteiger partial charge in [-0.15, -0.1) is 0 Å². The first-order valence-corrected chi connectivity index (χ1v) is 4.69. The zero-order chi connectivity index (χ0) is 11.3. The van der Waals surface area contributed by atoms with Crippen LogP contribution in [0.4, 0.5) is 0 Å². The van der Waals surface area contributed by atoms with Gasteiger partial charge in [0, 0.05) is 0 Å². The van der Waals surface area contributed by atoms with Crippen LogP contribution >= 0.6 is 0 Å². The molecule has 0 spiro atoms. The third-order valence-electron chi connectivity index (χ3n) is 2.07. The zero-order valence-corrected chi connectivity index (χ0v) is 9.28. The van der Waals surface area contributed by atoms with Crippen LogP contribution in [-0.4, -0.2) is 29.3 Å². The van der Waals surface area contributed by atoms with Gasteiger partial charge in [-0.1, -0.05) is 19.0 Å². The SMILES string of the molecule is [B]/C([B]C)=C\c1ccc(OC)c(OC)c1. The predicted molar refractivity (Wildman–Crippen MR) is 64.9 cm³/mol. The van der Waals surface area contributed by atoms with Crippen molar-refractivity contribution in [2.24, 2.45) is 0 Å². The smallest absolute Gasteiger partial charge is 0.161 e. The van der Waals surface area contributed by atoms with E-state index in [0.717, 1.165) is 10.9 Å². The molecule has 1 rings (SSSR count). The lowest BCUT2D eigenvalue weighted by atomic mass is 9.62. The largest absolute Gasteiger partial charge is 0.493 e. The van der Waals surface area contributed by atoms with Gasteiger partial charge in [-0.05, 0) is 17.7 Å². The molecule has 0 N–H and O–H groups in total. The Morgan fingerprint density at radius 2 is 1.93 bits per heavy atom. The molecule has 0 aliphatic carbocycles. The third kappa shape index (κ3) is 3.08. The predicted octanol–water partition coefficient (Wildman–Crippen LogP) is 1.92. The second kappa shape index (κ2) is 5.54. The van der Waals surface area contributed by atoms with Gasteiger partial charge < -0.3 is 9.47 Å². The van der Waals surface area contributed by atoms with Gasteiger partial charge in [0.05, 0.1) is 22.1 Å². The van der Waals surface area contributed by atoms with Crippen molar-refractivity contribution in [2.45, 2.75) is 6.82 Å². The Hall–Kier alpha value is -1.31. The molecule has 0 unspecified atom stereocenters. The van der Waals surface area contributed by atoms with Crippen LogP contribution in [0.1, 0.15) is 5.56 Å². The lowest BCUT2D eigenvalue weighted by Crippen LogP contribution is -1.92. The molecule has 4 heteroatoms. The average molecular weight is 199 g/mol. The Morgan fingerprint density at radius 1 is 1.27 bits per heavy atom. The molecule has 0 saturated carbocycles. The zero-order valence-electron chi connectivity index (χ0n) is 9.28. The van der Waals surface area contributed by atoms with Crippen LogP contribution in [0.5, 0.6) is 11.5 Å². The summed E-state index contributed by atoms with van der Waals surface area (Å²) in [6.45, 7) is 1.90. The standard InChI is InChI=1S/C11H13B2O2/c1-13-11(12)7-8-4-5-9(14-2)10(6-8)15-3/h4-7H,1-3H3/b11-7+. The first-order chi connectivity index (χ1) is 7.21. The number of hydrogen-bond acceptors (Lipinski definition) is 2. The molecule has 1 aromatic rings. The summed E-state index contributed by atoms with van der Waals surface area (Å²) >= 11 is 0. The summed E-state index contributed by atoms with van der Waals surface area (Å²) in [6.07, 6.45) is 1.88. The van der Waals surface area contributed by atoms with Crippen LogP contribution < -0.4 is 9.47 Å². The van der Waals surface area contributed by atoms with E-state index in [2.05, 4.69) is 0 Å². The normalized spacial score (nSPS) is 11.0. The molecule has 0 amide bonds. The molecule has 2 nitrogen and oxygen atoms in total. The molecule has 1 aromatic carbocycles. The Morgan fingerprint density at radius 3 is 2.47 bits per heavy atom. The van der Waals surface area contributed by atoms with Crippen molar-refractivity contribution in [1.29, 1.82) is 0 Å². The van der Waals surface area contributed by atoms with Gasteiger partial charge in [-0.2, -0.15) is 5.37 Å². The average Bonchev–Trinajstić information content (AvgIpc) is 2.28. The van der Waals surface area contributed by atoms with Crippen LogP contribution in [0, 0.1) is 0 Å². The van der Waals surface area contributed by atoms with Gasteiger partial charge in [-0.25, -0.2) is 0 Å². The highest BCUT2D eigenvalue weighted by molar-refractivity contribution is 6.61. The van der Waals surface area contributed by atoms with Crippen molar-refractivity contribution in [3.05, 3.63) is 29.1 Å². The van der Waals surface area contributed by atoms with Crippen molar-refractivity contribution in [3.63, 3.8) is 0 Å². The highest BCUT2D eigenvalue weighted by Crippen LogP contribution is 2.28. The van der Waals surface area contributed by atoms with E-state index in [9.17, 15) is 0 Å². The summed E-state index contributed by atoms with van der Waals surface area (Å²) in [5, 5.41) is 0.724. The monoisotopic (exact) mass is 199 g/mol. The van der Waals surface area contributed by atoms with E-state index in [1.807, 2.05) is 38.4 Å². The molecule has 0 fully saturated rings. The molecular weight excluding hydrogens is 186 g/mol. The van der Waals surface area contributed by atoms with Gasteiger partial charge in [0.15, 0.2) is 11.5 Å². The number of hydrogen-bond donors (Lipinski definition) is 0. The van der Waals surface area contributed by atoms with Gasteiger partial charge >= 0.3 is 0 Å². The highest BCUT2D eigenvalue weighted by Gasteiger charge is 2.02. The maximum absolute atomic E-state index is 5.70. The van der Waals surface area contributed by atoms with Gasteiger partial charge in [0.1, 0.15) is 7.28 Å². The molecule has 0 aromatic heterocycles. The topological polar surface area (TPSA) is 18.5 Å². The van der Waals surface area contributed by atoms with E-state index in [1.165, 1.54) is 0 Å². The summed E-state index contributed by atoms with van der Waals surface area (Å²) in [4.78, 5) is 0. The fourth-order valence-electron chi connectivity index (χ4n) is 1.22. The number of benzene rings is 1. The third-order valence-corrected chi connectivity index (χ3v) is 2.07. The van der Waals surface area contributed by atoms with Gasteiger partial charge in [-0.3, -0.25) is 0 Å². The second-order valence-electron chi connectivity index (χ2n) is 3.05. The minimum Gasteiger partial charge on any atom is -0.493 e. The van der Waals surface area contributed by atoms with Crippen molar-refractivity contribution in [3.8, 4) is 11.5 Å². The van der Waals surface area contributed by atoms with Crippen molar-refractivity contribution in [2.75, 3.05) is 14.2 Å². The maximum Gasteiger partial charge on any atom is 0.161 e. The lowest BCUT2D eigenvalue weighted by molar-refractivity contribution is 0.355. The van der Waals surface area contributed by atoms with Crippen LogP contribution in [0.15, 0.2) is 23.6 Å². The fraction of sp³-hybridized carbons (Fsp3) is 0.273. The molecule has 0 atom stereocenters. The van der Waals surface area contributed by atoms with Gasteiger partial charge in [0.2, 0.25) is 0 Å². The number of methoxy groups -OCH3 is 2. The quantitative estimate of drug-likeness (QED) is 0.689. The first-order valence-electron chi connectivity index (χ1n) is 4.69. The molecule has 0 aliphatic heterocycles. The molecule has 75 valence electrons. The minimum atomic E-state index is 0.704. The van der Waals surface area contributed by atoms with E-state index in [4.69, 9.17) is 17.3 Å². The molecule has 0 bridgehead atoms. The lowest BCUT2D eigenvalue weighted by Gasteiger charge is -2.08. The van der Waals surface area contributed by atoms with Crippen LogP contribution in [0.3, 0.4) is 0 Å². The Balaban J connectivity index is 3.03. The summed E-state index contributed by atoms with van der Waals surface area (Å²) < 4.78 is 10.3. The maximum atomic E-state index is 5.70. The summed E-state index contributed by atoms with van der Waals surface area (Å²) in [5.41, 5.74) is 0.989. The Kier molecular flexibility index (Phi) is 4.35. The van der Waals surface area contributed by atoms with E-state index in [0.29, 0.717) is 11.5 Å². The van der Waals surface area contributed by atoms with Crippen molar-refractivity contribution >= 4 is 21.2 Å². The summed E-state index contributed by atoms with van der Waals surface area (Å²) in [5.74, 6) is 1.42. The molecular formula is C11H13B2O2. The Bertz CT molecular complexity index is 362. The van der Waals surface area contributed by atoms with E-state index in [1.54, 1.807) is 14.2 Å². The summed E-state index contributed by atoms with van der Waals surface area (Å²) in [7, 11) is 10.8. The molecule has 0 saturated heterocycles. The van der Waals surface area contributed by atoms with Crippen LogP contribution in [0.25, 0.3) is 6.08 Å². The second-order valence-corrected chi connectivity index (χ2v) is 3.05. The first kappa shape index (κ1) is 11.8. The van der Waals surface area contributed by atoms with Crippen LogP contribution in [-0.2, 0) is 0 Å². The molecule has 3 radical (unpaired) electrons. The van der Waals surface area contributed by atoms with Crippen LogP contribution in [0.2, 0.25) is 6.82 Å². The summed E-state index contributed by atoms with van der Waals surface area (Å²) in [6, 6.07) is 5.67. The molecule has 0 heterocycles. The van der Waals surface area contributed by atoms with Crippen molar-refractivity contribution in [1.82, 2.24) is 0 Å². The Labute approximate surface area is 92.9 Å². The highest BCUT2D eigenvalue weighted by atomic mass is 16.5. The minimum absolute atomic E-state index is 0.704. The number of ether oxygens (including phenoxy) is 2. The van der Waals surface area contributed by atoms with E-state index >= 15 is 0 Å². The molecule has 0 aliphatic rings. The number of rotatable bonds is 4.